The van der Waals surface area contributed by atoms with Gasteiger partial charge in [0.1, 0.15) is 0 Å². The topological polar surface area (TPSA) is 37.3 Å². The summed E-state index contributed by atoms with van der Waals surface area (Å²) in [6.07, 6.45) is -10.8. The number of carboxylic acids is 1. The first kappa shape index (κ1) is 16.9. The highest BCUT2D eigenvalue weighted by Gasteiger charge is 2.47. The second-order valence-electron chi connectivity index (χ2n) is 4.58. The van der Waals surface area contributed by atoms with Gasteiger partial charge in [0.2, 0.25) is 0 Å². The van der Waals surface area contributed by atoms with Crippen LogP contribution >= 0.6 is 0 Å². The van der Waals surface area contributed by atoms with E-state index in [1.165, 1.54) is 30.3 Å². The Kier molecular flexibility index (Phi) is 4.10. The molecule has 2 aromatic carbocycles. The molecule has 0 heterocycles. The number of benzene rings is 2. The molecule has 0 atom stereocenters. The van der Waals surface area contributed by atoms with Gasteiger partial charge in [-0.25, -0.2) is 4.79 Å². The van der Waals surface area contributed by atoms with Gasteiger partial charge >= 0.3 is 18.3 Å². The van der Waals surface area contributed by atoms with Crippen LogP contribution in [0.3, 0.4) is 0 Å². The van der Waals surface area contributed by atoms with Crippen molar-refractivity contribution in [3.8, 4) is 11.1 Å². The van der Waals surface area contributed by atoms with Gasteiger partial charge in [-0.05, 0) is 17.2 Å². The molecular formula is C15H8F6O2. The van der Waals surface area contributed by atoms with Gasteiger partial charge in [-0.15, -0.1) is 0 Å². The molecule has 2 rings (SSSR count). The highest BCUT2D eigenvalue weighted by atomic mass is 19.4. The molecule has 0 bridgehead atoms. The SMILES string of the molecule is O=C(O)c1ccc(-c2ccccc2)c(C(F)(F)F)c1C(F)(F)F. The first-order valence-corrected chi connectivity index (χ1v) is 6.13. The van der Waals surface area contributed by atoms with Crippen molar-refractivity contribution in [3.05, 3.63) is 59.2 Å². The summed E-state index contributed by atoms with van der Waals surface area (Å²) in [6.45, 7) is 0. The highest BCUT2D eigenvalue weighted by molar-refractivity contribution is 5.92. The minimum atomic E-state index is -5.47. The Bertz CT molecular complexity index is 732. The summed E-state index contributed by atoms with van der Waals surface area (Å²) < 4.78 is 79.2. The Balaban J connectivity index is 2.94. The molecule has 0 aromatic heterocycles. The van der Waals surface area contributed by atoms with Crippen molar-refractivity contribution in [2.75, 3.05) is 0 Å². The maximum Gasteiger partial charge on any atom is 0.417 e. The summed E-state index contributed by atoms with van der Waals surface area (Å²) >= 11 is 0. The number of alkyl halides is 6. The molecule has 0 amide bonds. The van der Waals surface area contributed by atoms with E-state index in [-0.39, 0.29) is 5.56 Å². The normalized spacial score (nSPS) is 12.3. The van der Waals surface area contributed by atoms with Gasteiger partial charge in [0, 0.05) is 0 Å². The number of hydrogen-bond acceptors (Lipinski definition) is 1. The molecule has 122 valence electrons. The Morgan fingerprint density at radius 1 is 0.783 bits per heavy atom. The maximum atomic E-state index is 13.3. The molecule has 0 aliphatic heterocycles. The van der Waals surface area contributed by atoms with Crippen molar-refractivity contribution in [1.82, 2.24) is 0 Å². The Hall–Kier alpha value is -2.51. The predicted octanol–water partition coefficient (Wildman–Crippen LogP) is 5.09. The summed E-state index contributed by atoms with van der Waals surface area (Å²) in [4.78, 5) is 10.9. The largest absolute Gasteiger partial charge is 0.478 e. The van der Waals surface area contributed by atoms with Crippen molar-refractivity contribution in [1.29, 1.82) is 0 Å². The quantitative estimate of drug-likeness (QED) is 0.777. The summed E-state index contributed by atoms with van der Waals surface area (Å²) in [5.41, 5.74) is -6.46. The second kappa shape index (κ2) is 5.60. The number of carboxylic acid groups (broad SMARTS) is 1. The lowest BCUT2D eigenvalue weighted by Crippen LogP contribution is -2.22. The zero-order valence-electron chi connectivity index (χ0n) is 11.2. The lowest BCUT2D eigenvalue weighted by molar-refractivity contribution is -0.162. The van der Waals surface area contributed by atoms with Crippen LogP contribution in [0.25, 0.3) is 11.1 Å². The molecule has 0 saturated carbocycles. The van der Waals surface area contributed by atoms with Crippen LogP contribution in [0.5, 0.6) is 0 Å². The van der Waals surface area contributed by atoms with Crippen LogP contribution in [0.4, 0.5) is 26.3 Å². The Labute approximate surface area is 126 Å². The third kappa shape index (κ3) is 3.30. The van der Waals surface area contributed by atoms with E-state index >= 15 is 0 Å². The van der Waals surface area contributed by atoms with Gasteiger partial charge in [-0.3, -0.25) is 0 Å². The van der Waals surface area contributed by atoms with E-state index in [4.69, 9.17) is 5.11 Å². The van der Waals surface area contributed by atoms with Crippen LogP contribution in [0.15, 0.2) is 42.5 Å². The van der Waals surface area contributed by atoms with E-state index < -0.39 is 40.6 Å². The minimum absolute atomic E-state index is 0.0951. The summed E-state index contributed by atoms with van der Waals surface area (Å²) in [7, 11) is 0. The zero-order chi connectivity index (χ0) is 17.4. The Morgan fingerprint density at radius 2 is 1.30 bits per heavy atom. The molecule has 23 heavy (non-hydrogen) atoms. The van der Waals surface area contributed by atoms with Crippen molar-refractivity contribution in [2.24, 2.45) is 0 Å². The van der Waals surface area contributed by atoms with Crippen molar-refractivity contribution in [3.63, 3.8) is 0 Å². The summed E-state index contributed by atoms with van der Waals surface area (Å²) in [6, 6.07) is 7.92. The smallest absolute Gasteiger partial charge is 0.417 e. The molecular weight excluding hydrogens is 326 g/mol. The second-order valence-corrected chi connectivity index (χ2v) is 4.58. The molecule has 0 fully saturated rings. The van der Waals surface area contributed by atoms with Crippen molar-refractivity contribution < 1.29 is 36.2 Å². The monoisotopic (exact) mass is 334 g/mol. The predicted molar refractivity (Wildman–Crippen MR) is 68.8 cm³/mol. The van der Waals surface area contributed by atoms with Crippen LogP contribution in [0.2, 0.25) is 0 Å². The fourth-order valence-electron chi connectivity index (χ4n) is 2.23. The molecule has 2 aromatic rings. The average Bonchev–Trinajstić information content (AvgIpc) is 2.44. The van der Waals surface area contributed by atoms with Gasteiger partial charge in [-0.2, -0.15) is 26.3 Å². The zero-order valence-corrected chi connectivity index (χ0v) is 11.2. The molecule has 0 aliphatic rings. The van der Waals surface area contributed by atoms with E-state index in [0.29, 0.717) is 6.07 Å². The molecule has 2 nitrogen and oxygen atoms in total. The third-order valence-electron chi connectivity index (χ3n) is 3.09. The van der Waals surface area contributed by atoms with Gasteiger partial charge in [0.25, 0.3) is 0 Å². The average molecular weight is 334 g/mol. The van der Waals surface area contributed by atoms with E-state index in [1.807, 2.05) is 0 Å². The van der Waals surface area contributed by atoms with Crippen LogP contribution in [0.1, 0.15) is 21.5 Å². The number of hydrogen-bond donors (Lipinski definition) is 1. The van der Waals surface area contributed by atoms with E-state index in [0.717, 1.165) is 6.07 Å². The molecule has 8 heteroatoms. The van der Waals surface area contributed by atoms with E-state index in [9.17, 15) is 31.1 Å². The van der Waals surface area contributed by atoms with Gasteiger partial charge in [-0.1, -0.05) is 36.4 Å². The number of halogens is 6. The van der Waals surface area contributed by atoms with Gasteiger partial charge in [0.05, 0.1) is 16.7 Å². The highest BCUT2D eigenvalue weighted by Crippen LogP contribution is 2.46. The first-order valence-electron chi connectivity index (χ1n) is 6.13. The molecule has 1 N–H and O–H groups in total. The lowest BCUT2D eigenvalue weighted by Gasteiger charge is -2.21. The Morgan fingerprint density at radius 3 is 1.74 bits per heavy atom. The number of aromatic carboxylic acids is 1. The van der Waals surface area contributed by atoms with E-state index in [1.54, 1.807) is 0 Å². The van der Waals surface area contributed by atoms with Crippen LogP contribution in [0, 0.1) is 0 Å². The molecule has 0 aliphatic carbocycles. The summed E-state index contributed by atoms with van der Waals surface area (Å²) in [5, 5.41) is 8.81. The van der Waals surface area contributed by atoms with Gasteiger partial charge < -0.3 is 5.11 Å². The molecule has 0 spiro atoms. The van der Waals surface area contributed by atoms with E-state index in [2.05, 4.69) is 0 Å². The van der Waals surface area contributed by atoms with Crippen LogP contribution < -0.4 is 0 Å². The minimum Gasteiger partial charge on any atom is -0.478 e. The molecule has 0 radical (unpaired) electrons. The van der Waals surface area contributed by atoms with Crippen molar-refractivity contribution >= 4 is 5.97 Å². The number of rotatable bonds is 2. The molecule has 0 unspecified atom stereocenters. The maximum absolute atomic E-state index is 13.3. The van der Waals surface area contributed by atoms with Gasteiger partial charge in [0.15, 0.2) is 0 Å². The van der Waals surface area contributed by atoms with Crippen LogP contribution in [-0.4, -0.2) is 11.1 Å². The first-order chi connectivity index (χ1) is 10.5. The van der Waals surface area contributed by atoms with Crippen LogP contribution in [-0.2, 0) is 12.4 Å². The standard InChI is InChI=1S/C15H8F6O2/c16-14(17,18)11-9(8-4-2-1-3-5-8)6-7-10(13(22)23)12(11)15(19,20)21/h1-7H,(H,22,23). The number of carbonyl (C=O) groups is 1. The lowest BCUT2D eigenvalue weighted by atomic mass is 9.91. The summed E-state index contributed by atoms with van der Waals surface area (Å²) in [5.74, 6) is -2.08. The fourth-order valence-corrected chi connectivity index (χ4v) is 2.23. The van der Waals surface area contributed by atoms with Crippen molar-refractivity contribution in [2.45, 2.75) is 12.4 Å². The third-order valence-corrected chi connectivity index (χ3v) is 3.09. The molecule has 0 saturated heterocycles. The fraction of sp³-hybridized carbons (Fsp3) is 0.133.